The first-order valence-electron chi connectivity index (χ1n) is 11.3. The predicted molar refractivity (Wildman–Crippen MR) is 130 cm³/mol. The van der Waals surface area contributed by atoms with Crippen LogP contribution in [0.2, 0.25) is 0 Å². The fraction of sp³-hybridized carbons (Fsp3) is 0.857. The molecule has 1 unspecified atom stereocenters. The number of hydrogen-bond acceptors (Lipinski definition) is 5. The molecule has 1 atom stereocenters. The van der Waals surface area contributed by atoms with Gasteiger partial charge in [0.2, 0.25) is 0 Å². The molecule has 30 heavy (non-hydrogen) atoms. The standard InChI is InChI=1S/C21H38N6O2.HI/c1-4-22-21(23-10-5-11-29-15-17-8-12-28-13-9-17)24-18-6-7-19-25-20(16(2)3)26-27(19)14-18;/h16-18H,4-15H2,1-3H3,(H2,22,23,24);1H. The molecule has 172 valence electrons. The van der Waals surface area contributed by atoms with Crippen LogP contribution >= 0.6 is 24.0 Å². The number of aryl methyl sites for hydroxylation is 1. The van der Waals surface area contributed by atoms with Crippen LogP contribution in [-0.2, 0) is 22.4 Å². The summed E-state index contributed by atoms with van der Waals surface area (Å²) in [5.41, 5.74) is 0. The highest BCUT2D eigenvalue weighted by atomic mass is 127. The van der Waals surface area contributed by atoms with Gasteiger partial charge in [0, 0.05) is 57.9 Å². The summed E-state index contributed by atoms with van der Waals surface area (Å²) in [7, 11) is 0. The van der Waals surface area contributed by atoms with Gasteiger partial charge in [-0.25, -0.2) is 9.67 Å². The molecular formula is C21H39IN6O2. The maximum Gasteiger partial charge on any atom is 0.191 e. The number of guanidine groups is 1. The average molecular weight is 534 g/mol. The Morgan fingerprint density at radius 1 is 1.30 bits per heavy atom. The lowest BCUT2D eigenvalue weighted by atomic mass is 10.0. The number of aromatic nitrogens is 3. The van der Waals surface area contributed by atoms with E-state index in [9.17, 15) is 0 Å². The van der Waals surface area contributed by atoms with Crippen molar-refractivity contribution in [2.75, 3.05) is 39.5 Å². The summed E-state index contributed by atoms with van der Waals surface area (Å²) in [6.07, 6.45) is 5.20. The molecule has 0 radical (unpaired) electrons. The third-order valence-electron chi connectivity index (χ3n) is 5.49. The summed E-state index contributed by atoms with van der Waals surface area (Å²) in [6, 6.07) is 0.326. The molecule has 1 fully saturated rings. The Morgan fingerprint density at radius 3 is 2.83 bits per heavy atom. The summed E-state index contributed by atoms with van der Waals surface area (Å²) in [4.78, 5) is 9.40. The van der Waals surface area contributed by atoms with E-state index in [4.69, 9.17) is 14.5 Å². The van der Waals surface area contributed by atoms with Gasteiger partial charge in [-0.05, 0) is 38.5 Å². The SMILES string of the molecule is CCNC(=NCCCOCC1CCOCC1)NC1CCc2nc(C(C)C)nn2C1.I. The van der Waals surface area contributed by atoms with E-state index >= 15 is 0 Å². The number of aliphatic imine (C=N–C) groups is 1. The second kappa shape index (κ2) is 13.5. The van der Waals surface area contributed by atoms with Crippen molar-refractivity contribution >= 4 is 29.9 Å². The normalized spacial score (nSPS) is 20.0. The van der Waals surface area contributed by atoms with E-state index in [1.807, 2.05) is 0 Å². The minimum atomic E-state index is 0. The summed E-state index contributed by atoms with van der Waals surface area (Å²) in [6.45, 7) is 12.2. The number of nitrogens with one attached hydrogen (secondary N) is 2. The minimum absolute atomic E-state index is 0. The van der Waals surface area contributed by atoms with Gasteiger partial charge in [0.05, 0.1) is 6.54 Å². The van der Waals surface area contributed by atoms with Gasteiger partial charge in [-0.3, -0.25) is 4.99 Å². The van der Waals surface area contributed by atoms with Gasteiger partial charge in [-0.1, -0.05) is 13.8 Å². The van der Waals surface area contributed by atoms with Crippen molar-refractivity contribution in [2.45, 2.75) is 71.4 Å². The van der Waals surface area contributed by atoms with E-state index in [1.165, 1.54) is 0 Å². The van der Waals surface area contributed by atoms with Crippen LogP contribution in [0, 0.1) is 5.92 Å². The van der Waals surface area contributed by atoms with Gasteiger partial charge in [0.15, 0.2) is 11.8 Å². The van der Waals surface area contributed by atoms with Crippen molar-refractivity contribution in [3.63, 3.8) is 0 Å². The van der Waals surface area contributed by atoms with E-state index in [0.29, 0.717) is 17.9 Å². The summed E-state index contributed by atoms with van der Waals surface area (Å²) in [5.74, 6) is 3.97. The van der Waals surface area contributed by atoms with E-state index in [-0.39, 0.29) is 24.0 Å². The Kier molecular flexibility index (Phi) is 11.4. The van der Waals surface area contributed by atoms with Crippen molar-refractivity contribution in [2.24, 2.45) is 10.9 Å². The van der Waals surface area contributed by atoms with E-state index in [1.54, 1.807) is 0 Å². The Bertz CT molecular complexity index is 645. The molecule has 0 aliphatic carbocycles. The third-order valence-corrected chi connectivity index (χ3v) is 5.49. The molecule has 3 heterocycles. The summed E-state index contributed by atoms with van der Waals surface area (Å²) < 4.78 is 13.3. The number of ether oxygens (including phenoxy) is 2. The smallest absolute Gasteiger partial charge is 0.191 e. The van der Waals surface area contributed by atoms with Crippen LogP contribution in [0.4, 0.5) is 0 Å². The zero-order valence-corrected chi connectivity index (χ0v) is 21.1. The highest BCUT2D eigenvalue weighted by molar-refractivity contribution is 14.0. The Labute approximate surface area is 198 Å². The van der Waals surface area contributed by atoms with Gasteiger partial charge in [0.1, 0.15) is 5.82 Å². The molecule has 0 aromatic carbocycles. The molecule has 1 aromatic rings. The van der Waals surface area contributed by atoms with Gasteiger partial charge >= 0.3 is 0 Å². The molecule has 0 amide bonds. The van der Waals surface area contributed by atoms with Crippen molar-refractivity contribution in [1.82, 2.24) is 25.4 Å². The Morgan fingerprint density at radius 2 is 2.10 bits per heavy atom. The first kappa shape index (κ1) is 25.3. The Hall–Kier alpha value is -0.940. The van der Waals surface area contributed by atoms with Gasteiger partial charge in [-0.2, -0.15) is 5.10 Å². The molecule has 3 rings (SSSR count). The van der Waals surface area contributed by atoms with Gasteiger partial charge < -0.3 is 20.1 Å². The molecule has 1 aromatic heterocycles. The van der Waals surface area contributed by atoms with Crippen molar-refractivity contribution < 1.29 is 9.47 Å². The molecule has 2 N–H and O–H groups in total. The molecule has 2 aliphatic heterocycles. The first-order valence-corrected chi connectivity index (χ1v) is 11.3. The van der Waals surface area contributed by atoms with Crippen LogP contribution in [-0.4, -0.2) is 66.3 Å². The lowest BCUT2D eigenvalue weighted by Gasteiger charge is -2.25. The summed E-state index contributed by atoms with van der Waals surface area (Å²) >= 11 is 0. The number of halogens is 1. The van der Waals surface area contributed by atoms with Crippen LogP contribution in [0.1, 0.15) is 64.0 Å². The lowest BCUT2D eigenvalue weighted by Crippen LogP contribution is -2.47. The fourth-order valence-corrected chi connectivity index (χ4v) is 3.72. The number of nitrogens with zero attached hydrogens (tertiary/aromatic N) is 4. The molecule has 1 saturated heterocycles. The van der Waals surface area contributed by atoms with E-state index in [0.717, 1.165) is 95.8 Å². The fourth-order valence-electron chi connectivity index (χ4n) is 3.72. The highest BCUT2D eigenvalue weighted by Crippen LogP contribution is 2.17. The Balaban J connectivity index is 0.00000320. The zero-order valence-electron chi connectivity index (χ0n) is 18.7. The van der Waals surface area contributed by atoms with E-state index in [2.05, 4.69) is 46.2 Å². The maximum absolute atomic E-state index is 5.84. The molecule has 8 nitrogen and oxygen atoms in total. The zero-order chi connectivity index (χ0) is 20.5. The molecule has 0 bridgehead atoms. The quantitative estimate of drug-likeness (QED) is 0.219. The largest absolute Gasteiger partial charge is 0.381 e. The molecule has 2 aliphatic rings. The van der Waals surface area contributed by atoms with Crippen LogP contribution in [0.25, 0.3) is 0 Å². The summed E-state index contributed by atoms with van der Waals surface area (Å²) in [5, 5.41) is 11.6. The van der Waals surface area contributed by atoms with Crippen LogP contribution in [0.3, 0.4) is 0 Å². The minimum Gasteiger partial charge on any atom is -0.381 e. The molecule has 9 heteroatoms. The number of fused-ring (bicyclic) bond motifs is 1. The van der Waals surface area contributed by atoms with Crippen molar-refractivity contribution in [1.29, 1.82) is 0 Å². The van der Waals surface area contributed by atoms with Crippen LogP contribution < -0.4 is 10.6 Å². The second-order valence-electron chi connectivity index (χ2n) is 8.35. The predicted octanol–water partition coefficient (Wildman–Crippen LogP) is 2.72. The lowest BCUT2D eigenvalue weighted by molar-refractivity contribution is 0.0205. The molecule has 0 saturated carbocycles. The average Bonchev–Trinajstić information content (AvgIpc) is 3.15. The molecule has 0 spiro atoms. The maximum atomic E-state index is 5.84. The van der Waals surface area contributed by atoms with Crippen LogP contribution in [0.5, 0.6) is 0 Å². The monoisotopic (exact) mass is 534 g/mol. The number of hydrogen-bond donors (Lipinski definition) is 2. The second-order valence-corrected chi connectivity index (χ2v) is 8.35. The third kappa shape index (κ3) is 7.96. The molecular weight excluding hydrogens is 495 g/mol. The highest BCUT2D eigenvalue weighted by Gasteiger charge is 2.23. The van der Waals surface area contributed by atoms with Crippen LogP contribution in [0.15, 0.2) is 4.99 Å². The van der Waals surface area contributed by atoms with E-state index < -0.39 is 0 Å². The number of rotatable bonds is 9. The van der Waals surface area contributed by atoms with Crippen molar-refractivity contribution in [3.8, 4) is 0 Å². The first-order chi connectivity index (χ1) is 14.2. The van der Waals surface area contributed by atoms with Crippen molar-refractivity contribution in [3.05, 3.63) is 11.6 Å². The van der Waals surface area contributed by atoms with Gasteiger partial charge in [-0.15, -0.1) is 24.0 Å². The van der Waals surface area contributed by atoms with Gasteiger partial charge in [0.25, 0.3) is 0 Å². The topological polar surface area (TPSA) is 85.6 Å².